The minimum absolute atomic E-state index is 0.433. The third-order valence-electron chi connectivity index (χ3n) is 4.07. The van der Waals surface area contributed by atoms with Gasteiger partial charge in [0.15, 0.2) is 0 Å². The van der Waals surface area contributed by atoms with Crippen molar-refractivity contribution in [1.29, 1.82) is 0 Å². The zero-order valence-corrected chi connectivity index (χ0v) is 12.3. The molecule has 0 aliphatic heterocycles. The molecule has 0 fully saturated rings. The first-order valence-corrected chi connectivity index (χ1v) is 7.51. The molecule has 0 saturated carbocycles. The Kier molecular flexibility index (Phi) is 4.18. The molecule has 21 heavy (non-hydrogen) atoms. The van der Waals surface area contributed by atoms with E-state index in [-0.39, 0.29) is 0 Å². The fraction of sp³-hybridized carbons (Fsp3) is 0.263. The van der Waals surface area contributed by atoms with Crippen LogP contribution in [0.25, 0.3) is 5.57 Å². The summed E-state index contributed by atoms with van der Waals surface area (Å²) in [6.45, 7) is 0.955. The van der Waals surface area contributed by atoms with Crippen molar-refractivity contribution in [1.82, 2.24) is 5.32 Å². The standard InChI is InChI=1S/C19H21NO/c1-20-12-6-11-16-15-8-3-2-7-14(15)13-19(21)18-10-5-4-9-17(16)18/h2-5,7-11,19-21H,6,12-13H2,1H3/b16-11-. The smallest absolute Gasteiger partial charge is 0.0836 e. The Morgan fingerprint density at radius 3 is 2.62 bits per heavy atom. The highest BCUT2D eigenvalue weighted by molar-refractivity contribution is 5.84. The largest absolute Gasteiger partial charge is 0.388 e. The summed E-state index contributed by atoms with van der Waals surface area (Å²) in [5, 5.41) is 13.7. The molecular formula is C19H21NO. The summed E-state index contributed by atoms with van der Waals surface area (Å²) in [7, 11) is 1.97. The Bertz CT molecular complexity index is 660. The van der Waals surface area contributed by atoms with Crippen LogP contribution in [0.15, 0.2) is 54.6 Å². The summed E-state index contributed by atoms with van der Waals surface area (Å²) < 4.78 is 0. The van der Waals surface area contributed by atoms with Gasteiger partial charge in [-0.05, 0) is 47.8 Å². The van der Waals surface area contributed by atoms with E-state index in [4.69, 9.17) is 0 Å². The van der Waals surface area contributed by atoms with Gasteiger partial charge >= 0.3 is 0 Å². The minimum Gasteiger partial charge on any atom is -0.388 e. The van der Waals surface area contributed by atoms with E-state index in [0.717, 1.165) is 24.1 Å². The molecule has 108 valence electrons. The van der Waals surface area contributed by atoms with Crippen LogP contribution in [0.4, 0.5) is 0 Å². The third-order valence-corrected chi connectivity index (χ3v) is 4.07. The first-order valence-electron chi connectivity index (χ1n) is 7.51. The minimum atomic E-state index is -0.433. The van der Waals surface area contributed by atoms with E-state index >= 15 is 0 Å². The Balaban J connectivity index is 2.16. The number of hydrogen-bond acceptors (Lipinski definition) is 2. The predicted molar refractivity (Wildman–Crippen MR) is 87.2 cm³/mol. The fourth-order valence-electron chi connectivity index (χ4n) is 3.04. The highest BCUT2D eigenvalue weighted by Crippen LogP contribution is 2.37. The molecule has 0 bridgehead atoms. The van der Waals surface area contributed by atoms with Crippen molar-refractivity contribution in [3.8, 4) is 0 Å². The van der Waals surface area contributed by atoms with Crippen LogP contribution in [-0.4, -0.2) is 18.7 Å². The van der Waals surface area contributed by atoms with Crippen molar-refractivity contribution < 1.29 is 5.11 Å². The van der Waals surface area contributed by atoms with Crippen molar-refractivity contribution in [2.24, 2.45) is 0 Å². The highest BCUT2D eigenvalue weighted by Gasteiger charge is 2.22. The second kappa shape index (κ2) is 6.25. The van der Waals surface area contributed by atoms with Crippen LogP contribution in [0.5, 0.6) is 0 Å². The van der Waals surface area contributed by atoms with E-state index in [1.807, 2.05) is 31.3 Å². The molecule has 2 aromatic rings. The quantitative estimate of drug-likeness (QED) is 0.845. The fourth-order valence-corrected chi connectivity index (χ4v) is 3.04. The third kappa shape index (κ3) is 2.78. The van der Waals surface area contributed by atoms with Crippen molar-refractivity contribution in [2.45, 2.75) is 18.9 Å². The van der Waals surface area contributed by atoms with E-state index < -0.39 is 6.10 Å². The zero-order valence-electron chi connectivity index (χ0n) is 12.3. The van der Waals surface area contributed by atoms with Crippen molar-refractivity contribution in [2.75, 3.05) is 13.6 Å². The van der Waals surface area contributed by atoms with Crippen LogP contribution < -0.4 is 5.32 Å². The van der Waals surface area contributed by atoms with Crippen LogP contribution in [0.2, 0.25) is 0 Å². The molecule has 1 aliphatic rings. The summed E-state index contributed by atoms with van der Waals surface area (Å²) >= 11 is 0. The van der Waals surface area contributed by atoms with Gasteiger partial charge in [-0.1, -0.05) is 54.6 Å². The van der Waals surface area contributed by atoms with Gasteiger partial charge in [0.2, 0.25) is 0 Å². The second-order valence-corrected chi connectivity index (χ2v) is 5.47. The van der Waals surface area contributed by atoms with Gasteiger partial charge in [0, 0.05) is 6.42 Å². The number of nitrogens with one attached hydrogen (secondary N) is 1. The van der Waals surface area contributed by atoms with E-state index in [1.54, 1.807) is 0 Å². The molecule has 0 aromatic heterocycles. The Morgan fingerprint density at radius 2 is 1.81 bits per heavy atom. The van der Waals surface area contributed by atoms with Gasteiger partial charge in [-0.3, -0.25) is 0 Å². The summed E-state index contributed by atoms with van der Waals surface area (Å²) in [4.78, 5) is 0. The number of rotatable bonds is 3. The molecule has 1 atom stereocenters. The summed E-state index contributed by atoms with van der Waals surface area (Å²) in [5.74, 6) is 0. The Hall–Kier alpha value is -1.90. The molecule has 0 radical (unpaired) electrons. The average molecular weight is 279 g/mol. The highest BCUT2D eigenvalue weighted by atomic mass is 16.3. The molecular weight excluding hydrogens is 258 g/mol. The SMILES string of the molecule is CNCC/C=C1/c2ccccc2CC(O)c2ccccc21. The van der Waals surface area contributed by atoms with Gasteiger partial charge in [0.05, 0.1) is 6.10 Å². The summed E-state index contributed by atoms with van der Waals surface area (Å²) in [6, 6.07) is 16.6. The zero-order chi connectivity index (χ0) is 14.7. The van der Waals surface area contributed by atoms with Gasteiger partial charge in [0.25, 0.3) is 0 Å². The van der Waals surface area contributed by atoms with E-state index in [9.17, 15) is 5.11 Å². The Labute approximate surface area is 126 Å². The van der Waals surface area contributed by atoms with Crippen LogP contribution in [0.3, 0.4) is 0 Å². The maximum absolute atomic E-state index is 10.5. The van der Waals surface area contributed by atoms with Crippen LogP contribution in [-0.2, 0) is 6.42 Å². The lowest BCUT2D eigenvalue weighted by Gasteiger charge is -2.13. The lowest BCUT2D eigenvalue weighted by atomic mass is 9.93. The van der Waals surface area contributed by atoms with Crippen LogP contribution >= 0.6 is 0 Å². The van der Waals surface area contributed by atoms with E-state index in [2.05, 4.69) is 35.7 Å². The maximum atomic E-state index is 10.5. The van der Waals surface area contributed by atoms with E-state index in [0.29, 0.717) is 6.42 Å². The van der Waals surface area contributed by atoms with Crippen LogP contribution in [0.1, 0.15) is 34.8 Å². The molecule has 1 unspecified atom stereocenters. The molecule has 0 spiro atoms. The van der Waals surface area contributed by atoms with Crippen LogP contribution in [0, 0.1) is 0 Å². The second-order valence-electron chi connectivity index (χ2n) is 5.47. The number of fused-ring (bicyclic) bond motifs is 2. The normalized spacial score (nSPS) is 19.0. The first-order chi connectivity index (χ1) is 10.3. The monoisotopic (exact) mass is 279 g/mol. The number of aliphatic hydroxyl groups excluding tert-OH is 1. The van der Waals surface area contributed by atoms with E-state index in [1.165, 1.54) is 16.7 Å². The molecule has 3 rings (SSSR count). The molecule has 2 N–H and O–H groups in total. The maximum Gasteiger partial charge on any atom is 0.0836 e. The molecule has 2 nitrogen and oxygen atoms in total. The lowest BCUT2D eigenvalue weighted by molar-refractivity contribution is 0.179. The van der Waals surface area contributed by atoms with Crippen molar-refractivity contribution in [3.05, 3.63) is 76.9 Å². The number of hydrogen-bond donors (Lipinski definition) is 2. The molecule has 0 heterocycles. The predicted octanol–water partition coefficient (Wildman–Crippen LogP) is 3.32. The molecule has 0 amide bonds. The topological polar surface area (TPSA) is 32.3 Å². The molecule has 2 aromatic carbocycles. The Morgan fingerprint density at radius 1 is 1.10 bits per heavy atom. The van der Waals surface area contributed by atoms with Gasteiger partial charge in [0.1, 0.15) is 0 Å². The van der Waals surface area contributed by atoms with Gasteiger partial charge in [-0.25, -0.2) is 0 Å². The lowest BCUT2D eigenvalue weighted by Crippen LogP contribution is -2.06. The van der Waals surface area contributed by atoms with Gasteiger partial charge in [-0.15, -0.1) is 0 Å². The summed E-state index contributed by atoms with van der Waals surface area (Å²) in [5.41, 5.74) is 5.90. The first kappa shape index (κ1) is 14.1. The van der Waals surface area contributed by atoms with Crippen molar-refractivity contribution >= 4 is 5.57 Å². The number of aliphatic hydroxyl groups is 1. The number of benzene rings is 2. The molecule has 0 saturated heterocycles. The van der Waals surface area contributed by atoms with Gasteiger partial charge in [-0.2, -0.15) is 0 Å². The average Bonchev–Trinajstić information content (AvgIpc) is 2.63. The van der Waals surface area contributed by atoms with Gasteiger partial charge < -0.3 is 10.4 Å². The molecule has 2 heteroatoms. The summed E-state index contributed by atoms with van der Waals surface area (Å²) in [6.07, 6.45) is 3.51. The molecule has 1 aliphatic carbocycles. The van der Waals surface area contributed by atoms with Crippen molar-refractivity contribution in [3.63, 3.8) is 0 Å².